The van der Waals surface area contributed by atoms with Crippen LogP contribution >= 0.6 is 0 Å². The summed E-state index contributed by atoms with van der Waals surface area (Å²) in [5, 5.41) is 13.6. The average Bonchev–Trinajstić information content (AvgIpc) is 3.04. The summed E-state index contributed by atoms with van der Waals surface area (Å²) in [5.74, 6) is -1.16. The molecule has 28 heavy (non-hydrogen) atoms. The number of nitrogens with zero attached hydrogens (tertiary/aromatic N) is 3. The number of carboxylic acid groups (broad SMARTS) is 1. The van der Waals surface area contributed by atoms with Crippen molar-refractivity contribution < 1.29 is 14.7 Å². The molecule has 4 rings (SSSR count). The molecular weight excluding hydrogens is 354 g/mol. The summed E-state index contributed by atoms with van der Waals surface area (Å²) in [7, 11) is 1.75. The van der Waals surface area contributed by atoms with Gasteiger partial charge >= 0.3 is 5.97 Å². The Kier molecular flexibility index (Phi) is 4.47. The molecule has 0 saturated carbocycles. The van der Waals surface area contributed by atoms with E-state index in [1.54, 1.807) is 16.6 Å². The normalized spacial score (nSPS) is 13.3. The largest absolute Gasteiger partial charge is 0.476 e. The second-order valence-corrected chi connectivity index (χ2v) is 7.04. The van der Waals surface area contributed by atoms with E-state index >= 15 is 0 Å². The smallest absolute Gasteiger partial charge is 0.356 e. The third kappa shape index (κ3) is 2.97. The van der Waals surface area contributed by atoms with Crippen LogP contribution in [0.1, 0.15) is 37.7 Å². The van der Waals surface area contributed by atoms with E-state index in [1.165, 1.54) is 0 Å². The van der Waals surface area contributed by atoms with Gasteiger partial charge in [-0.25, -0.2) is 4.79 Å². The van der Waals surface area contributed by atoms with E-state index in [0.29, 0.717) is 24.1 Å². The van der Waals surface area contributed by atoms with Crippen molar-refractivity contribution in [2.75, 3.05) is 6.54 Å². The fourth-order valence-electron chi connectivity index (χ4n) is 3.89. The molecule has 0 radical (unpaired) electrons. The number of carboxylic acids is 1. The van der Waals surface area contributed by atoms with Gasteiger partial charge in [-0.05, 0) is 29.7 Å². The number of hydrogen-bond acceptors (Lipinski definition) is 3. The quantitative estimate of drug-likeness (QED) is 0.762. The molecule has 1 N–H and O–H groups in total. The first-order valence-corrected chi connectivity index (χ1v) is 9.19. The van der Waals surface area contributed by atoms with Gasteiger partial charge in [0.25, 0.3) is 5.91 Å². The number of benzene rings is 2. The summed E-state index contributed by atoms with van der Waals surface area (Å²) < 4.78 is 1.61. The van der Waals surface area contributed by atoms with E-state index < -0.39 is 5.97 Å². The number of hydrogen-bond donors (Lipinski definition) is 1. The van der Waals surface area contributed by atoms with E-state index in [1.807, 2.05) is 55.5 Å². The Morgan fingerprint density at radius 3 is 2.43 bits per heavy atom. The number of carbonyl (C=O) groups is 2. The van der Waals surface area contributed by atoms with Crippen LogP contribution in [0.3, 0.4) is 0 Å². The molecule has 0 bridgehead atoms. The average molecular weight is 375 g/mol. The van der Waals surface area contributed by atoms with Crippen LogP contribution in [0.2, 0.25) is 0 Å². The van der Waals surface area contributed by atoms with Gasteiger partial charge in [0.1, 0.15) is 0 Å². The van der Waals surface area contributed by atoms with Gasteiger partial charge in [-0.15, -0.1) is 0 Å². The molecule has 142 valence electrons. The second kappa shape index (κ2) is 6.96. The number of aromatic carboxylic acids is 1. The SMILES string of the molecule is Cc1ccccc1-c1ccccc1C(=O)N1CCc2c(c(C(=O)O)nn2C)C1. The van der Waals surface area contributed by atoms with Crippen LogP contribution in [0.15, 0.2) is 48.5 Å². The molecule has 2 aromatic carbocycles. The van der Waals surface area contributed by atoms with Gasteiger partial charge in [0.05, 0.1) is 6.54 Å². The molecule has 1 aliphatic rings. The van der Waals surface area contributed by atoms with E-state index in [9.17, 15) is 14.7 Å². The van der Waals surface area contributed by atoms with Crippen molar-refractivity contribution in [3.63, 3.8) is 0 Å². The molecular formula is C22H21N3O3. The highest BCUT2D eigenvalue weighted by atomic mass is 16.4. The molecule has 0 unspecified atom stereocenters. The van der Waals surface area contributed by atoms with Gasteiger partial charge in [0.15, 0.2) is 5.69 Å². The fraction of sp³-hybridized carbons (Fsp3) is 0.227. The van der Waals surface area contributed by atoms with Gasteiger partial charge in [0, 0.05) is 36.8 Å². The van der Waals surface area contributed by atoms with Gasteiger partial charge in [-0.3, -0.25) is 9.48 Å². The minimum absolute atomic E-state index is 0.0298. The first kappa shape index (κ1) is 18.0. The number of fused-ring (bicyclic) bond motifs is 1. The molecule has 6 nitrogen and oxygen atoms in total. The van der Waals surface area contributed by atoms with E-state index in [0.717, 1.165) is 22.4 Å². The predicted octanol–water partition coefficient (Wildman–Crippen LogP) is 3.29. The first-order chi connectivity index (χ1) is 13.5. The van der Waals surface area contributed by atoms with Crippen molar-refractivity contribution in [1.29, 1.82) is 0 Å². The van der Waals surface area contributed by atoms with Gasteiger partial charge in [0.2, 0.25) is 0 Å². The van der Waals surface area contributed by atoms with Crippen LogP contribution in [-0.2, 0) is 20.0 Å². The van der Waals surface area contributed by atoms with Crippen LogP contribution in [0.4, 0.5) is 0 Å². The summed E-state index contributed by atoms with van der Waals surface area (Å²) in [6.45, 7) is 2.82. The zero-order valence-corrected chi connectivity index (χ0v) is 15.8. The third-order valence-corrected chi connectivity index (χ3v) is 5.32. The summed E-state index contributed by atoms with van der Waals surface area (Å²) >= 11 is 0. The van der Waals surface area contributed by atoms with Crippen molar-refractivity contribution >= 4 is 11.9 Å². The highest BCUT2D eigenvalue weighted by Gasteiger charge is 2.30. The lowest BCUT2D eigenvalue weighted by Crippen LogP contribution is -2.37. The second-order valence-electron chi connectivity index (χ2n) is 7.04. The monoisotopic (exact) mass is 375 g/mol. The number of rotatable bonds is 3. The number of aryl methyl sites for hydroxylation is 2. The lowest BCUT2D eigenvalue weighted by molar-refractivity contribution is 0.0674. The van der Waals surface area contributed by atoms with E-state index in [2.05, 4.69) is 5.10 Å². The Morgan fingerprint density at radius 2 is 1.71 bits per heavy atom. The molecule has 0 aliphatic carbocycles. The van der Waals surface area contributed by atoms with Crippen LogP contribution in [0, 0.1) is 6.92 Å². The van der Waals surface area contributed by atoms with Crippen molar-refractivity contribution in [2.45, 2.75) is 19.9 Å². The maximum absolute atomic E-state index is 13.4. The Bertz CT molecular complexity index is 1080. The van der Waals surface area contributed by atoms with Crippen LogP contribution in [0.25, 0.3) is 11.1 Å². The molecule has 0 saturated heterocycles. The Balaban J connectivity index is 1.71. The van der Waals surface area contributed by atoms with Crippen LogP contribution < -0.4 is 0 Å². The molecule has 6 heteroatoms. The maximum Gasteiger partial charge on any atom is 0.356 e. The fourth-order valence-corrected chi connectivity index (χ4v) is 3.89. The third-order valence-electron chi connectivity index (χ3n) is 5.32. The lowest BCUT2D eigenvalue weighted by Gasteiger charge is -2.28. The number of carbonyl (C=O) groups excluding carboxylic acids is 1. The van der Waals surface area contributed by atoms with Crippen LogP contribution in [0.5, 0.6) is 0 Å². The molecule has 0 atom stereocenters. The zero-order valence-electron chi connectivity index (χ0n) is 15.8. The van der Waals surface area contributed by atoms with Gasteiger partial charge in [-0.2, -0.15) is 5.10 Å². The summed E-state index contributed by atoms with van der Waals surface area (Å²) in [4.78, 5) is 26.6. The van der Waals surface area contributed by atoms with Gasteiger partial charge < -0.3 is 10.0 Å². The number of amides is 1. The highest BCUT2D eigenvalue weighted by Crippen LogP contribution is 2.29. The minimum Gasteiger partial charge on any atom is -0.476 e. The Labute approximate surface area is 163 Å². The van der Waals surface area contributed by atoms with Crippen molar-refractivity contribution in [3.05, 3.63) is 76.6 Å². The maximum atomic E-state index is 13.4. The molecule has 1 aliphatic heterocycles. The predicted molar refractivity (Wildman–Crippen MR) is 105 cm³/mol. The molecule has 0 spiro atoms. The number of aromatic nitrogens is 2. The Hall–Kier alpha value is -3.41. The first-order valence-electron chi connectivity index (χ1n) is 9.19. The van der Waals surface area contributed by atoms with Crippen molar-refractivity contribution in [1.82, 2.24) is 14.7 Å². The molecule has 0 fully saturated rings. The summed E-state index contributed by atoms with van der Waals surface area (Å²) in [6.07, 6.45) is 0.588. The van der Waals surface area contributed by atoms with E-state index in [-0.39, 0.29) is 18.1 Å². The molecule has 1 amide bonds. The van der Waals surface area contributed by atoms with Gasteiger partial charge in [-0.1, -0.05) is 42.5 Å². The summed E-state index contributed by atoms with van der Waals surface area (Å²) in [6, 6.07) is 15.6. The topological polar surface area (TPSA) is 75.4 Å². The van der Waals surface area contributed by atoms with Crippen molar-refractivity contribution in [2.24, 2.45) is 7.05 Å². The lowest BCUT2D eigenvalue weighted by atomic mass is 9.94. The standard InChI is InChI=1S/C22H21N3O3/c1-14-7-3-4-8-15(14)16-9-5-6-10-17(16)21(26)25-12-11-19-18(13-25)20(22(27)28)23-24(19)2/h3-10H,11-13H2,1-2H3,(H,27,28). The molecule has 1 aromatic heterocycles. The zero-order chi connectivity index (χ0) is 19.8. The van der Waals surface area contributed by atoms with Crippen molar-refractivity contribution in [3.8, 4) is 11.1 Å². The van der Waals surface area contributed by atoms with E-state index in [4.69, 9.17) is 0 Å². The highest BCUT2D eigenvalue weighted by molar-refractivity contribution is 6.01. The molecule has 2 heterocycles. The molecule has 3 aromatic rings. The Morgan fingerprint density at radius 1 is 1.04 bits per heavy atom. The minimum atomic E-state index is -1.06. The summed E-state index contributed by atoms with van der Waals surface area (Å²) in [5.41, 5.74) is 5.18. The van der Waals surface area contributed by atoms with Crippen LogP contribution in [-0.4, -0.2) is 38.2 Å².